The van der Waals surface area contributed by atoms with Crippen LogP contribution < -0.4 is 0 Å². The zero-order valence-electron chi connectivity index (χ0n) is 14.3. The minimum absolute atomic E-state index is 0.0244. The molecule has 1 unspecified atom stereocenters. The first-order valence-electron chi connectivity index (χ1n) is 8.60. The number of hydrogen-bond donors (Lipinski definition) is 2. The Bertz CT molecular complexity index is 1110. The lowest BCUT2D eigenvalue weighted by Gasteiger charge is -2.26. The highest BCUT2D eigenvalue weighted by molar-refractivity contribution is 7.89. The molecule has 4 rings (SSSR count). The molecule has 1 heterocycles. The maximum Gasteiger partial charge on any atom is 0.243 e. The average Bonchev–Trinajstić information content (AvgIpc) is 3.12. The highest BCUT2D eigenvalue weighted by Crippen LogP contribution is 2.44. The van der Waals surface area contributed by atoms with Crippen LogP contribution in [0, 0.1) is 0 Å². The van der Waals surface area contributed by atoms with Gasteiger partial charge in [0.1, 0.15) is 11.5 Å². The Morgan fingerprint density at radius 2 is 1.70 bits per heavy atom. The third-order valence-electron chi connectivity index (χ3n) is 4.98. The van der Waals surface area contributed by atoms with Crippen molar-refractivity contribution in [1.82, 2.24) is 4.31 Å². The molecule has 27 heavy (non-hydrogen) atoms. The molecule has 1 atom stereocenters. The summed E-state index contributed by atoms with van der Waals surface area (Å²) in [6.45, 7) is 0.365. The molecule has 0 bridgehead atoms. The van der Waals surface area contributed by atoms with Gasteiger partial charge in [0.05, 0.1) is 10.9 Å². The molecule has 0 aromatic heterocycles. The predicted octanol–water partition coefficient (Wildman–Crippen LogP) is 4.43. The van der Waals surface area contributed by atoms with Crippen LogP contribution in [0.2, 0.25) is 5.02 Å². The van der Waals surface area contributed by atoms with E-state index in [2.05, 4.69) is 0 Å². The molecule has 3 aromatic rings. The van der Waals surface area contributed by atoms with Gasteiger partial charge in [-0.25, -0.2) is 8.42 Å². The molecule has 0 amide bonds. The summed E-state index contributed by atoms with van der Waals surface area (Å²) < 4.78 is 27.8. The molecule has 3 aromatic carbocycles. The Balaban J connectivity index is 1.85. The summed E-state index contributed by atoms with van der Waals surface area (Å²) in [7, 11) is -3.75. The minimum Gasteiger partial charge on any atom is -0.508 e. The van der Waals surface area contributed by atoms with E-state index in [1.54, 1.807) is 42.5 Å². The number of rotatable bonds is 3. The van der Waals surface area contributed by atoms with Crippen LogP contribution >= 0.6 is 11.6 Å². The van der Waals surface area contributed by atoms with Crippen molar-refractivity contribution in [2.24, 2.45) is 0 Å². The van der Waals surface area contributed by atoms with Crippen LogP contribution in [0.15, 0.2) is 59.5 Å². The van der Waals surface area contributed by atoms with Crippen LogP contribution in [0.5, 0.6) is 11.5 Å². The van der Waals surface area contributed by atoms with Crippen molar-refractivity contribution in [1.29, 1.82) is 0 Å². The monoisotopic (exact) mass is 403 g/mol. The molecule has 1 fully saturated rings. The molecule has 2 N–H and O–H groups in total. The van der Waals surface area contributed by atoms with Gasteiger partial charge < -0.3 is 10.2 Å². The highest BCUT2D eigenvalue weighted by Gasteiger charge is 2.38. The number of aromatic hydroxyl groups is 2. The number of sulfonamides is 1. The largest absolute Gasteiger partial charge is 0.508 e. The molecule has 1 saturated heterocycles. The van der Waals surface area contributed by atoms with Crippen molar-refractivity contribution < 1.29 is 18.6 Å². The van der Waals surface area contributed by atoms with Crippen LogP contribution in [-0.2, 0) is 10.0 Å². The predicted molar refractivity (Wildman–Crippen MR) is 105 cm³/mol. The van der Waals surface area contributed by atoms with Gasteiger partial charge in [-0.3, -0.25) is 0 Å². The number of nitrogens with zero attached hydrogens (tertiary/aromatic N) is 1. The van der Waals surface area contributed by atoms with Crippen molar-refractivity contribution in [3.05, 3.63) is 65.2 Å². The van der Waals surface area contributed by atoms with E-state index >= 15 is 0 Å². The van der Waals surface area contributed by atoms with E-state index in [1.807, 2.05) is 0 Å². The lowest BCUT2D eigenvalue weighted by Crippen LogP contribution is -2.30. The average molecular weight is 404 g/mol. The van der Waals surface area contributed by atoms with Crippen molar-refractivity contribution in [3.8, 4) is 11.5 Å². The fourth-order valence-corrected chi connectivity index (χ4v) is 5.52. The third-order valence-corrected chi connectivity index (χ3v) is 7.16. The topological polar surface area (TPSA) is 77.8 Å². The Morgan fingerprint density at radius 1 is 1.00 bits per heavy atom. The molecule has 0 spiro atoms. The van der Waals surface area contributed by atoms with E-state index in [4.69, 9.17) is 11.6 Å². The van der Waals surface area contributed by atoms with Crippen LogP contribution in [0.1, 0.15) is 24.4 Å². The van der Waals surface area contributed by atoms with Gasteiger partial charge in [0.25, 0.3) is 0 Å². The summed E-state index contributed by atoms with van der Waals surface area (Å²) >= 11 is 5.88. The number of benzene rings is 3. The first-order valence-corrected chi connectivity index (χ1v) is 10.4. The Kier molecular flexibility index (Phi) is 4.50. The van der Waals surface area contributed by atoms with Gasteiger partial charge in [-0.2, -0.15) is 4.31 Å². The second-order valence-electron chi connectivity index (χ2n) is 6.63. The normalized spacial score (nSPS) is 18.2. The van der Waals surface area contributed by atoms with Gasteiger partial charge in [-0.15, -0.1) is 0 Å². The first kappa shape index (κ1) is 18.1. The second kappa shape index (κ2) is 6.71. The van der Waals surface area contributed by atoms with Crippen molar-refractivity contribution in [2.75, 3.05) is 6.54 Å². The summed E-state index contributed by atoms with van der Waals surface area (Å²) in [4.78, 5) is 0.168. The Morgan fingerprint density at radius 3 is 2.44 bits per heavy atom. The molecule has 0 aliphatic carbocycles. The number of hydrogen-bond acceptors (Lipinski definition) is 4. The molecular formula is C20H18ClNO4S. The van der Waals surface area contributed by atoms with E-state index in [0.717, 1.165) is 5.39 Å². The summed E-state index contributed by atoms with van der Waals surface area (Å²) in [5.74, 6) is 0.0933. The van der Waals surface area contributed by atoms with E-state index in [9.17, 15) is 18.6 Å². The van der Waals surface area contributed by atoms with Gasteiger partial charge in [-0.1, -0.05) is 23.7 Å². The zero-order valence-corrected chi connectivity index (χ0v) is 15.9. The van der Waals surface area contributed by atoms with E-state index in [-0.39, 0.29) is 16.4 Å². The first-order chi connectivity index (χ1) is 12.9. The summed E-state index contributed by atoms with van der Waals surface area (Å²) in [5.41, 5.74) is 0.526. The standard InChI is InChI=1S/C20H18ClNO4S/c21-14-5-8-16(9-6-14)27(25,26)22-11-1-2-18(22)20-17-12-15(23)7-3-13(17)4-10-19(20)24/h3-10,12,18,23-24H,1-2,11H2. The van der Waals surface area contributed by atoms with E-state index in [1.165, 1.54) is 16.4 Å². The number of fused-ring (bicyclic) bond motifs is 1. The maximum absolute atomic E-state index is 13.2. The van der Waals surface area contributed by atoms with Crippen molar-refractivity contribution in [3.63, 3.8) is 0 Å². The zero-order chi connectivity index (χ0) is 19.2. The Labute approximate surface area is 162 Å². The maximum atomic E-state index is 13.2. The molecule has 1 aliphatic heterocycles. The van der Waals surface area contributed by atoms with Crippen molar-refractivity contribution >= 4 is 32.4 Å². The lowest BCUT2D eigenvalue weighted by atomic mass is 9.96. The van der Waals surface area contributed by atoms with Gasteiger partial charge in [-0.05, 0) is 66.1 Å². The molecule has 7 heteroatoms. The SMILES string of the molecule is O=S(=O)(c1ccc(Cl)cc1)N1CCCC1c1c(O)ccc2ccc(O)cc12. The minimum atomic E-state index is -3.75. The number of halogens is 1. The molecule has 1 aliphatic rings. The molecular weight excluding hydrogens is 386 g/mol. The highest BCUT2D eigenvalue weighted by atomic mass is 35.5. The van der Waals surface area contributed by atoms with Gasteiger partial charge in [0, 0.05) is 17.1 Å². The summed E-state index contributed by atoms with van der Waals surface area (Å²) in [5, 5.41) is 22.4. The van der Waals surface area contributed by atoms with E-state index < -0.39 is 16.1 Å². The van der Waals surface area contributed by atoms with Crippen LogP contribution in [0.3, 0.4) is 0 Å². The molecule has 0 radical (unpaired) electrons. The van der Waals surface area contributed by atoms with Gasteiger partial charge in [0.2, 0.25) is 10.0 Å². The van der Waals surface area contributed by atoms with Crippen LogP contribution in [-0.4, -0.2) is 29.5 Å². The van der Waals surface area contributed by atoms with Gasteiger partial charge in [0.15, 0.2) is 0 Å². The molecule has 0 saturated carbocycles. The lowest BCUT2D eigenvalue weighted by molar-refractivity contribution is 0.382. The second-order valence-corrected chi connectivity index (χ2v) is 8.96. The molecule has 5 nitrogen and oxygen atoms in total. The molecule has 140 valence electrons. The number of phenolic OH excluding ortho intramolecular Hbond substituents is 2. The fraction of sp³-hybridized carbons (Fsp3) is 0.200. The third kappa shape index (κ3) is 3.14. The number of phenols is 2. The summed E-state index contributed by atoms with van der Waals surface area (Å²) in [6.07, 6.45) is 1.28. The smallest absolute Gasteiger partial charge is 0.243 e. The summed E-state index contributed by atoms with van der Waals surface area (Å²) in [6, 6.07) is 13.8. The fourth-order valence-electron chi connectivity index (χ4n) is 3.73. The van der Waals surface area contributed by atoms with Gasteiger partial charge >= 0.3 is 0 Å². The van der Waals surface area contributed by atoms with E-state index in [0.29, 0.717) is 35.4 Å². The Hall–Kier alpha value is -2.28. The van der Waals surface area contributed by atoms with Crippen molar-refractivity contribution in [2.45, 2.75) is 23.8 Å². The quantitative estimate of drug-likeness (QED) is 0.678. The van der Waals surface area contributed by atoms with Crippen LogP contribution in [0.25, 0.3) is 10.8 Å². The van der Waals surface area contributed by atoms with Crippen LogP contribution in [0.4, 0.5) is 0 Å².